The first-order valence-corrected chi connectivity index (χ1v) is 17.0. The Morgan fingerprint density at radius 3 is 2.13 bits per heavy atom. The average molecular weight is 635 g/mol. The molecule has 0 bridgehead atoms. The fraction of sp³-hybridized carbons (Fsp3) is 0.800. The van der Waals surface area contributed by atoms with Gasteiger partial charge in [-0.05, 0) is 70.1 Å². The summed E-state index contributed by atoms with van der Waals surface area (Å²) in [5, 5.41) is 0. The molecule has 45 heavy (non-hydrogen) atoms. The Morgan fingerprint density at radius 1 is 0.889 bits per heavy atom. The Balaban J connectivity index is 1.75. The summed E-state index contributed by atoms with van der Waals surface area (Å²) in [5.74, 6) is 3.35. The minimum Gasteiger partial charge on any atom is -0.462 e. The van der Waals surface area contributed by atoms with Crippen molar-refractivity contribution in [3.05, 3.63) is 12.2 Å². The van der Waals surface area contributed by atoms with Crippen LogP contribution in [0.5, 0.6) is 0 Å². The van der Waals surface area contributed by atoms with E-state index >= 15 is 0 Å². The largest absolute Gasteiger partial charge is 0.462 e. The lowest BCUT2D eigenvalue weighted by Gasteiger charge is -2.39. The maximum Gasteiger partial charge on any atom is 0.334 e. The number of esters is 3. The minimum atomic E-state index is -1.74. The molecule has 3 rings (SSSR count). The molecule has 0 amide bonds. The van der Waals surface area contributed by atoms with Gasteiger partial charge in [-0.25, -0.2) is 0 Å². The Labute approximate surface area is 269 Å². The molecule has 3 fully saturated rings. The van der Waals surface area contributed by atoms with Crippen LogP contribution in [-0.4, -0.2) is 61.9 Å². The summed E-state index contributed by atoms with van der Waals surface area (Å²) in [7, 11) is 0. The maximum atomic E-state index is 12.3. The van der Waals surface area contributed by atoms with Gasteiger partial charge in [-0.3, -0.25) is 23.9 Å². The van der Waals surface area contributed by atoms with Crippen LogP contribution in [-0.2, 0) is 47.5 Å². The van der Waals surface area contributed by atoms with Crippen LogP contribution >= 0.6 is 0 Å². The lowest BCUT2D eigenvalue weighted by Crippen LogP contribution is -2.48. The van der Waals surface area contributed by atoms with Crippen LogP contribution in [0.15, 0.2) is 12.2 Å². The first-order valence-electron chi connectivity index (χ1n) is 17.0. The number of hydrogen-bond donors (Lipinski definition) is 0. The standard InChI is InChI=1S/C35H54O10/c1-5-6-7-8-9-16-29-20-21-32(42-27(3)37)31(29)25-30(41-26(2)36)17-10-13-22-35(43-28(4)38,44-33-18-11-14-23-39-33)45-34-19-12-15-24-40-34/h9,16,29-34H,5-8,11-15,18-25H2,1-4H3/t29-,30?,31+,32-,33?,34?,35?/m0/s1. The summed E-state index contributed by atoms with van der Waals surface area (Å²) in [6.45, 7) is 7.38. The Morgan fingerprint density at radius 2 is 1.58 bits per heavy atom. The van der Waals surface area contributed by atoms with Gasteiger partial charge in [0, 0.05) is 52.7 Å². The highest BCUT2D eigenvalue weighted by atomic mass is 16.9. The van der Waals surface area contributed by atoms with E-state index in [1.165, 1.54) is 33.6 Å². The molecular formula is C35H54O10. The molecule has 0 radical (unpaired) electrons. The van der Waals surface area contributed by atoms with Crippen LogP contribution in [0.2, 0.25) is 0 Å². The van der Waals surface area contributed by atoms with Gasteiger partial charge >= 0.3 is 23.9 Å². The highest BCUT2D eigenvalue weighted by Gasteiger charge is 2.43. The molecule has 10 nitrogen and oxygen atoms in total. The predicted octanol–water partition coefficient (Wildman–Crippen LogP) is 6.49. The number of carbonyl (C=O) groups excluding carboxylic acids is 3. The van der Waals surface area contributed by atoms with E-state index in [9.17, 15) is 14.4 Å². The predicted molar refractivity (Wildman–Crippen MR) is 166 cm³/mol. The van der Waals surface area contributed by atoms with Crippen molar-refractivity contribution >= 4 is 17.9 Å². The van der Waals surface area contributed by atoms with Crippen LogP contribution in [0.4, 0.5) is 0 Å². The third-order valence-corrected chi connectivity index (χ3v) is 8.30. The number of hydrogen-bond acceptors (Lipinski definition) is 10. The molecule has 1 saturated carbocycles. The summed E-state index contributed by atoms with van der Waals surface area (Å²) in [4.78, 5) is 36.2. The molecule has 0 N–H and O–H groups in total. The van der Waals surface area contributed by atoms with Crippen molar-refractivity contribution in [3.63, 3.8) is 0 Å². The molecule has 254 valence electrons. The SMILES string of the molecule is CCCCCC=C[C@H]1CC[C@H](OC(C)=O)[C@@H]1CC(C#CCCC(OC(C)=O)(OC1CCCCO1)OC1CCCCO1)OC(C)=O. The summed E-state index contributed by atoms with van der Waals surface area (Å²) in [6, 6.07) is 0. The first kappa shape index (κ1) is 37.0. The molecule has 0 spiro atoms. The second kappa shape index (κ2) is 19.9. The Bertz CT molecular complexity index is 982. The van der Waals surface area contributed by atoms with E-state index < -0.39 is 36.6 Å². The lowest BCUT2D eigenvalue weighted by atomic mass is 9.88. The van der Waals surface area contributed by atoms with E-state index in [-0.39, 0.29) is 36.8 Å². The molecule has 0 aromatic heterocycles. The Kier molecular flexibility index (Phi) is 16.4. The average Bonchev–Trinajstić information content (AvgIpc) is 3.35. The van der Waals surface area contributed by atoms with Crippen molar-refractivity contribution in [2.75, 3.05) is 13.2 Å². The smallest absolute Gasteiger partial charge is 0.334 e. The third-order valence-electron chi connectivity index (χ3n) is 8.30. The molecular weight excluding hydrogens is 580 g/mol. The Hall–Kier alpha value is -2.45. The van der Waals surface area contributed by atoms with Crippen molar-refractivity contribution in [1.29, 1.82) is 0 Å². The first-order chi connectivity index (χ1) is 21.7. The number of ether oxygens (including phenoxy) is 7. The second-order valence-corrected chi connectivity index (χ2v) is 12.2. The summed E-state index contributed by atoms with van der Waals surface area (Å²) in [6.07, 6.45) is 14.2. The van der Waals surface area contributed by atoms with Gasteiger partial charge in [-0.1, -0.05) is 43.8 Å². The molecule has 2 aliphatic heterocycles. The third kappa shape index (κ3) is 13.8. The van der Waals surface area contributed by atoms with Crippen molar-refractivity contribution < 1.29 is 47.5 Å². The molecule has 6 atom stereocenters. The summed E-state index contributed by atoms with van der Waals surface area (Å²) in [5.41, 5.74) is 0. The quantitative estimate of drug-likeness (QED) is 0.0466. The van der Waals surface area contributed by atoms with Crippen LogP contribution in [0.3, 0.4) is 0 Å². The fourth-order valence-electron chi connectivity index (χ4n) is 6.23. The van der Waals surface area contributed by atoms with E-state index in [0.717, 1.165) is 51.4 Å². The van der Waals surface area contributed by atoms with Gasteiger partial charge in [0.15, 0.2) is 18.7 Å². The number of allylic oxidation sites excluding steroid dienone is 2. The van der Waals surface area contributed by atoms with E-state index in [1.807, 2.05) is 0 Å². The van der Waals surface area contributed by atoms with Gasteiger partial charge in [0.1, 0.15) is 6.10 Å². The highest BCUT2D eigenvalue weighted by Crippen LogP contribution is 2.39. The highest BCUT2D eigenvalue weighted by molar-refractivity contribution is 5.67. The fourth-order valence-corrected chi connectivity index (χ4v) is 6.23. The van der Waals surface area contributed by atoms with Crippen LogP contribution < -0.4 is 0 Å². The number of unbranched alkanes of at least 4 members (excludes halogenated alkanes) is 3. The molecule has 2 saturated heterocycles. The van der Waals surface area contributed by atoms with Crippen LogP contribution in [0.25, 0.3) is 0 Å². The summed E-state index contributed by atoms with van der Waals surface area (Å²) >= 11 is 0. The van der Waals surface area contributed by atoms with Gasteiger partial charge in [-0.2, -0.15) is 0 Å². The molecule has 3 aliphatic rings. The van der Waals surface area contributed by atoms with Crippen molar-refractivity contribution in [1.82, 2.24) is 0 Å². The molecule has 1 aliphatic carbocycles. The molecule has 10 heteroatoms. The van der Waals surface area contributed by atoms with Gasteiger partial charge < -0.3 is 23.7 Å². The van der Waals surface area contributed by atoms with E-state index in [2.05, 4.69) is 30.9 Å². The van der Waals surface area contributed by atoms with Crippen LogP contribution in [0.1, 0.15) is 124 Å². The van der Waals surface area contributed by atoms with E-state index in [1.54, 1.807) is 0 Å². The zero-order valence-electron chi connectivity index (χ0n) is 27.7. The molecule has 2 heterocycles. The van der Waals surface area contributed by atoms with Crippen molar-refractivity contribution in [2.24, 2.45) is 11.8 Å². The van der Waals surface area contributed by atoms with Gasteiger partial charge in [0.2, 0.25) is 0 Å². The zero-order valence-corrected chi connectivity index (χ0v) is 27.7. The lowest BCUT2D eigenvalue weighted by molar-refractivity contribution is -0.440. The molecule has 0 aromatic carbocycles. The van der Waals surface area contributed by atoms with Crippen molar-refractivity contribution in [2.45, 2.75) is 155 Å². The number of carbonyl (C=O) groups is 3. The van der Waals surface area contributed by atoms with E-state index in [0.29, 0.717) is 32.5 Å². The van der Waals surface area contributed by atoms with Gasteiger partial charge in [0.25, 0.3) is 0 Å². The zero-order chi connectivity index (χ0) is 32.5. The maximum absolute atomic E-state index is 12.3. The van der Waals surface area contributed by atoms with E-state index in [4.69, 9.17) is 33.2 Å². The van der Waals surface area contributed by atoms with Gasteiger partial charge in [-0.15, -0.1) is 0 Å². The second-order valence-electron chi connectivity index (χ2n) is 12.2. The van der Waals surface area contributed by atoms with Crippen LogP contribution in [0, 0.1) is 23.7 Å². The molecule has 3 unspecified atom stereocenters. The normalized spacial score (nSPS) is 27.2. The monoisotopic (exact) mass is 634 g/mol. The topological polar surface area (TPSA) is 116 Å². The number of rotatable bonds is 16. The molecule has 0 aromatic rings. The van der Waals surface area contributed by atoms with Crippen molar-refractivity contribution in [3.8, 4) is 11.8 Å². The summed E-state index contributed by atoms with van der Waals surface area (Å²) < 4.78 is 41.1. The van der Waals surface area contributed by atoms with Gasteiger partial charge in [0.05, 0.1) is 6.42 Å². The minimum absolute atomic E-state index is 0.0336.